The topological polar surface area (TPSA) is 46.3 Å². The van der Waals surface area contributed by atoms with Crippen molar-refractivity contribution in [2.75, 3.05) is 18.8 Å². The molecule has 0 unspecified atom stereocenters. The summed E-state index contributed by atoms with van der Waals surface area (Å²) < 4.78 is 0.723. The summed E-state index contributed by atoms with van der Waals surface area (Å²) in [6, 6.07) is 5.13. The van der Waals surface area contributed by atoms with Gasteiger partial charge in [0.15, 0.2) is 0 Å². The fraction of sp³-hybridized carbons (Fsp3) is 0.154. The van der Waals surface area contributed by atoms with E-state index in [1.165, 1.54) is 0 Å². The molecule has 0 aliphatic carbocycles. The average Bonchev–Trinajstić information content (AvgIpc) is 2.31. The molecule has 0 spiro atoms. The molecule has 1 amide bonds. The second-order valence-electron chi connectivity index (χ2n) is 3.52. The van der Waals surface area contributed by atoms with Crippen molar-refractivity contribution < 1.29 is 4.79 Å². The van der Waals surface area contributed by atoms with Gasteiger partial charge in [0.1, 0.15) is 0 Å². The lowest BCUT2D eigenvalue weighted by Gasteiger charge is -2.19. The summed E-state index contributed by atoms with van der Waals surface area (Å²) in [6.07, 6.45) is 3.38. The van der Waals surface area contributed by atoms with E-state index in [-0.39, 0.29) is 5.91 Å². The summed E-state index contributed by atoms with van der Waals surface area (Å²) in [5.74, 6) is -0.0644. The smallest absolute Gasteiger partial charge is 0.254 e. The number of carbonyl (C=O) groups is 1. The van der Waals surface area contributed by atoms with Crippen molar-refractivity contribution in [2.24, 2.45) is 0 Å². The van der Waals surface area contributed by atoms with Crippen molar-refractivity contribution in [3.05, 3.63) is 53.5 Å². The summed E-state index contributed by atoms with van der Waals surface area (Å²) in [6.45, 7) is 8.25. The van der Waals surface area contributed by atoms with Gasteiger partial charge in [-0.05, 0) is 34.1 Å². The van der Waals surface area contributed by atoms with E-state index in [0.29, 0.717) is 24.3 Å². The fourth-order valence-corrected chi connectivity index (χ4v) is 1.77. The number of nitrogens with two attached hydrogens (primary N) is 1. The van der Waals surface area contributed by atoms with Crippen molar-refractivity contribution in [1.82, 2.24) is 4.90 Å². The van der Waals surface area contributed by atoms with E-state index in [1.54, 1.807) is 35.3 Å². The number of benzene rings is 1. The van der Waals surface area contributed by atoms with E-state index in [9.17, 15) is 4.79 Å². The molecular weight excluding hydrogens is 280 g/mol. The van der Waals surface area contributed by atoms with Crippen LogP contribution in [0, 0.1) is 0 Å². The number of hydrogen-bond donors (Lipinski definition) is 1. The maximum absolute atomic E-state index is 12.2. The molecular formula is C13H15BrN2O. The lowest BCUT2D eigenvalue weighted by Crippen LogP contribution is -2.31. The van der Waals surface area contributed by atoms with Gasteiger partial charge >= 0.3 is 0 Å². The fourth-order valence-electron chi connectivity index (χ4n) is 1.39. The highest BCUT2D eigenvalue weighted by Gasteiger charge is 2.13. The van der Waals surface area contributed by atoms with Crippen molar-refractivity contribution in [3.63, 3.8) is 0 Å². The van der Waals surface area contributed by atoms with Gasteiger partial charge in [-0.1, -0.05) is 12.2 Å². The highest BCUT2D eigenvalue weighted by molar-refractivity contribution is 9.10. The molecule has 1 aromatic carbocycles. The van der Waals surface area contributed by atoms with Crippen LogP contribution in [0.15, 0.2) is 48.0 Å². The molecule has 0 saturated heterocycles. The van der Waals surface area contributed by atoms with Crippen LogP contribution in [0.4, 0.5) is 5.69 Å². The SMILES string of the molecule is C=CCN(CC=C)C(=O)c1ccc(N)c(Br)c1. The Balaban J connectivity index is 2.95. The summed E-state index contributed by atoms with van der Waals surface area (Å²) in [5.41, 5.74) is 6.88. The molecule has 1 aromatic rings. The van der Waals surface area contributed by atoms with Gasteiger partial charge in [0, 0.05) is 28.8 Å². The molecule has 0 aliphatic heterocycles. The summed E-state index contributed by atoms with van der Waals surface area (Å²) in [7, 11) is 0. The number of hydrogen-bond acceptors (Lipinski definition) is 2. The molecule has 3 nitrogen and oxygen atoms in total. The van der Waals surface area contributed by atoms with E-state index in [4.69, 9.17) is 5.73 Å². The van der Waals surface area contributed by atoms with Crippen LogP contribution in [0.1, 0.15) is 10.4 Å². The number of carbonyl (C=O) groups excluding carboxylic acids is 1. The molecule has 90 valence electrons. The first-order valence-corrected chi connectivity index (χ1v) is 5.95. The second kappa shape index (κ2) is 6.25. The van der Waals surface area contributed by atoms with Gasteiger partial charge in [0.05, 0.1) is 0 Å². The van der Waals surface area contributed by atoms with Crippen LogP contribution in [0.2, 0.25) is 0 Å². The molecule has 0 saturated carbocycles. The highest BCUT2D eigenvalue weighted by atomic mass is 79.9. The van der Waals surface area contributed by atoms with Gasteiger partial charge < -0.3 is 10.6 Å². The zero-order chi connectivity index (χ0) is 12.8. The van der Waals surface area contributed by atoms with Crippen LogP contribution in [0.3, 0.4) is 0 Å². The Morgan fingerprint density at radius 2 is 1.94 bits per heavy atom. The molecule has 0 fully saturated rings. The van der Waals surface area contributed by atoms with Crippen LogP contribution in [0.25, 0.3) is 0 Å². The first-order chi connectivity index (χ1) is 8.10. The predicted octanol–water partition coefficient (Wildman–Crippen LogP) is 2.85. The molecule has 1 rings (SSSR count). The first kappa shape index (κ1) is 13.5. The summed E-state index contributed by atoms with van der Waals surface area (Å²) in [4.78, 5) is 13.8. The third-order valence-corrected chi connectivity index (χ3v) is 2.92. The van der Waals surface area contributed by atoms with Gasteiger partial charge in [0.25, 0.3) is 5.91 Å². The normalized spacial score (nSPS) is 9.71. The van der Waals surface area contributed by atoms with Crippen LogP contribution < -0.4 is 5.73 Å². The lowest BCUT2D eigenvalue weighted by molar-refractivity contribution is 0.0791. The van der Waals surface area contributed by atoms with Crippen molar-refractivity contribution in [1.29, 1.82) is 0 Å². The maximum Gasteiger partial charge on any atom is 0.254 e. The average molecular weight is 295 g/mol. The quantitative estimate of drug-likeness (QED) is 0.670. The van der Waals surface area contributed by atoms with Gasteiger partial charge in [0.2, 0.25) is 0 Å². The van der Waals surface area contributed by atoms with Crippen molar-refractivity contribution >= 4 is 27.5 Å². The molecule has 2 N–H and O–H groups in total. The number of halogens is 1. The molecule has 0 atom stereocenters. The van der Waals surface area contributed by atoms with Gasteiger partial charge in [-0.25, -0.2) is 0 Å². The lowest BCUT2D eigenvalue weighted by atomic mass is 10.2. The van der Waals surface area contributed by atoms with Crippen LogP contribution in [-0.2, 0) is 0 Å². The minimum Gasteiger partial charge on any atom is -0.398 e. The van der Waals surface area contributed by atoms with Gasteiger partial charge in [-0.3, -0.25) is 4.79 Å². The Labute approximate surface area is 110 Å². The Kier molecular flexibility index (Phi) is 4.97. The third-order valence-electron chi connectivity index (χ3n) is 2.23. The Morgan fingerprint density at radius 3 is 2.41 bits per heavy atom. The monoisotopic (exact) mass is 294 g/mol. The molecule has 0 heterocycles. The van der Waals surface area contributed by atoms with Gasteiger partial charge in [-0.2, -0.15) is 0 Å². The van der Waals surface area contributed by atoms with E-state index in [0.717, 1.165) is 4.47 Å². The van der Waals surface area contributed by atoms with Crippen LogP contribution in [-0.4, -0.2) is 23.9 Å². The van der Waals surface area contributed by atoms with Crippen molar-refractivity contribution in [3.8, 4) is 0 Å². The number of amides is 1. The molecule has 4 heteroatoms. The second-order valence-corrected chi connectivity index (χ2v) is 4.38. The van der Waals surface area contributed by atoms with Crippen molar-refractivity contribution in [2.45, 2.75) is 0 Å². The maximum atomic E-state index is 12.2. The third kappa shape index (κ3) is 3.46. The van der Waals surface area contributed by atoms with Crippen LogP contribution >= 0.6 is 15.9 Å². The molecule has 0 bridgehead atoms. The predicted molar refractivity (Wildman–Crippen MR) is 74.9 cm³/mol. The van der Waals surface area contributed by atoms with Gasteiger partial charge in [-0.15, -0.1) is 13.2 Å². The minimum atomic E-state index is -0.0644. The zero-order valence-corrected chi connectivity index (χ0v) is 11.1. The Morgan fingerprint density at radius 1 is 1.35 bits per heavy atom. The van der Waals surface area contributed by atoms with Crippen LogP contribution in [0.5, 0.6) is 0 Å². The van der Waals surface area contributed by atoms with E-state index in [2.05, 4.69) is 29.1 Å². The standard InChI is InChI=1S/C13H15BrN2O/c1-3-7-16(8-4-2)13(17)10-5-6-12(15)11(14)9-10/h3-6,9H,1-2,7-8,15H2. The zero-order valence-electron chi connectivity index (χ0n) is 9.53. The van der Waals surface area contributed by atoms with E-state index >= 15 is 0 Å². The van der Waals surface area contributed by atoms with E-state index in [1.807, 2.05) is 0 Å². The Hall–Kier alpha value is -1.55. The number of rotatable bonds is 5. The largest absolute Gasteiger partial charge is 0.398 e. The summed E-state index contributed by atoms with van der Waals surface area (Å²) in [5, 5.41) is 0. The number of nitrogens with zero attached hydrogens (tertiary/aromatic N) is 1. The minimum absolute atomic E-state index is 0.0644. The molecule has 0 aliphatic rings. The number of nitrogen functional groups attached to an aromatic ring is 1. The molecule has 17 heavy (non-hydrogen) atoms. The number of anilines is 1. The highest BCUT2D eigenvalue weighted by Crippen LogP contribution is 2.21. The Bertz CT molecular complexity index is 433. The molecule has 0 aromatic heterocycles. The molecule has 0 radical (unpaired) electrons. The summed E-state index contributed by atoms with van der Waals surface area (Å²) >= 11 is 3.31. The van der Waals surface area contributed by atoms with E-state index < -0.39 is 0 Å². The first-order valence-electron chi connectivity index (χ1n) is 5.16.